The second-order valence-electron chi connectivity index (χ2n) is 5.22. The Morgan fingerprint density at radius 1 is 1.00 bits per heavy atom. The molecule has 2 N–H and O–H groups in total. The maximum absolute atomic E-state index is 11.5. The molecule has 0 saturated heterocycles. The lowest BCUT2D eigenvalue weighted by atomic mass is 9.84. The van der Waals surface area contributed by atoms with Crippen LogP contribution in [0, 0.1) is 16.0 Å². The molecular formula is C16H11NO6. The van der Waals surface area contributed by atoms with E-state index in [1.165, 1.54) is 12.1 Å². The van der Waals surface area contributed by atoms with Gasteiger partial charge in [0.2, 0.25) is 0 Å². The van der Waals surface area contributed by atoms with Crippen LogP contribution in [0.5, 0.6) is 0 Å². The van der Waals surface area contributed by atoms with Gasteiger partial charge in [0, 0.05) is 12.0 Å². The molecule has 0 aromatic heterocycles. The number of nitrogens with zero attached hydrogens (tertiary/aromatic N) is 1. The van der Waals surface area contributed by atoms with E-state index in [1.54, 1.807) is 30.3 Å². The number of rotatable bonds is 4. The van der Waals surface area contributed by atoms with Crippen LogP contribution in [-0.2, 0) is 9.59 Å². The van der Waals surface area contributed by atoms with Crippen LogP contribution in [-0.4, -0.2) is 27.1 Å². The SMILES string of the molecule is O=C(O)C(C(=O)O)C1c2ccccc2-c2c1cccc2[N+](=O)[O-]. The fraction of sp³-hybridized carbons (Fsp3) is 0.125. The average Bonchev–Trinajstić information content (AvgIpc) is 2.82. The van der Waals surface area contributed by atoms with Crippen molar-refractivity contribution in [1.82, 2.24) is 0 Å². The predicted molar refractivity (Wildman–Crippen MR) is 79.1 cm³/mol. The number of fused-ring (bicyclic) bond motifs is 3. The lowest BCUT2D eigenvalue weighted by Gasteiger charge is -2.18. The fourth-order valence-corrected chi connectivity index (χ4v) is 3.18. The molecule has 0 spiro atoms. The average molecular weight is 313 g/mol. The maximum atomic E-state index is 11.5. The van der Waals surface area contributed by atoms with E-state index in [0.29, 0.717) is 22.3 Å². The van der Waals surface area contributed by atoms with Crippen molar-refractivity contribution in [1.29, 1.82) is 0 Å². The molecule has 2 aromatic rings. The largest absolute Gasteiger partial charge is 0.481 e. The van der Waals surface area contributed by atoms with E-state index in [9.17, 15) is 29.9 Å². The van der Waals surface area contributed by atoms with Crippen molar-refractivity contribution < 1.29 is 24.7 Å². The smallest absolute Gasteiger partial charge is 0.318 e. The fourth-order valence-electron chi connectivity index (χ4n) is 3.18. The molecule has 7 heteroatoms. The molecule has 1 unspecified atom stereocenters. The molecule has 1 atom stereocenters. The van der Waals surface area contributed by atoms with E-state index >= 15 is 0 Å². The van der Waals surface area contributed by atoms with E-state index in [1.807, 2.05) is 0 Å². The van der Waals surface area contributed by atoms with Gasteiger partial charge >= 0.3 is 11.9 Å². The van der Waals surface area contributed by atoms with Crippen molar-refractivity contribution in [3.63, 3.8) is 0 Å². The number of aliphatic carboxylic acids is 2. The van der Waals surface area contributed by atoms with Gasteiger partial charge in [0.25, 0.3) is 5.69 Å². The highest BCUT2D eigenvalue weighted by atomic mass is 16.6. The first-order valence-corrected chi connectivity index (χ1v) is 6.75. The van der Waals surface area contributed by atoms with E-state index in [-0.39, 0.29) is 5.69 Å². The number of hydrogen-bond donors (Lipinski definition) is 2. The minimum Gasteiger partial charge on any atom is -0.481 e. The quantitative estimate of drug-likeness (QED) is 0.508. The van der Waals surface area contributed by atoms with Crippen LogP contribution >= 0.6 is 0 Å². The third kappa shape index (κ3) is 2.13. The Morgan fingerprint density at radius 2 is 1.61 bits per heavy atom. The second-order valence-corrected chi connectivity index (χ2v) is 5.22. The molecule has 0 bridgehead atoms. The zero-order chi connectivity index (χ0) is 16.7. The molecule has 7 nitrogen and oxygen atoms in total. The second kappa shape index (κ2) is 5.20. The van der Waals surface area contributed by atoms with Gasteiger partial charge < -0.3 is 10.2 Å². The summed E-state index contributed by atoms with van der Waals surface area (Å²) in [5.74, 6) is -5.62. The molecule has 3 rings (SSSR count). The third-order valence-electron chi connectivity index (χ3n) is 4.04. The number of carboxylic acid groups (broad SMARTS) is 2. The lowest BCUT2D eigenvalue weighted by Crippen LogP contribution is -2.29. The Balaban J connectivity index is 2.34. The van der Waals surface area contributed by atoms with Gasteiger partial charge in [0.05, 0.1) is 10.5 Å². The summed E-state index contributed by atoms with van der Waals surface area (Å²) in [7, 11) is 0. The molecular weight excluding hydrogens is 302 g/mol. The molecule has 0 heterocycles. The van der Waals surface area contributed by atoms with E-state index < -0.39 is 28.7 Å². The van der Waals surface area contributed by atoms with Gasteiger partial charge in [0.1, 0.15) is 0 Å². The first-order chi connectivity index (χ1) is 10.9. The predicted octanol–water partition coefficient (Wildman–Crippen LogP) is 2.49. The van der Waals surface area contributed by atoms with Crippen LogP contribution < -0.4 is 0 Å². The molecule has 0 saturated carbocycles. The Morgan fingerprint density at radius 3 is 2.22 bits per heavy atom. The Kier molecular flexibility index (Phi) is 3.33. The van der Waals surface area contributed by atoms with Crippen LogP contribution in [0.4, 0.5) is 5.69 Å². The summed E-state index contributed by atoms with van der Waals surface area (Å²) < 4.78 is 0. The van der Waals surface area contributed by atoms with E-state index in [2.05, 4.69) is 0 Å². The lowest BCUT2D eigenvalue weighted by molar-refractivity contribution is -0.384. The van der Waals surface area contributed by atoms with Crippen LogP contribution in [0.1, 0.15) is 17.0 Å². The molecule has 2 aromatic carbocycles. The van der Waals surface area contributed by atoms with Crippen molar-refractivity contribution in [3.8, 4) is 11.1 Å². The number of nitro benzene ring substituents is 1. The Hall–Kier alpha value is -3.22. The van der Waals surface area contributed by atoms with Crippen molar-refractivity contribution >= 4 is 17.6 Å². The molecule has 116 valence electrons. The van der Waals surface area contributed by atoms with Crippen LogP contribution in [0.3, 0.4) is 0 Å². The monoisotopic (exact) mass is 313 g/mol. The van der Waals surface area contributed by atoms with Crippen molar-refractivity contribution in [3.05, 3.63) is 63.7 Å². The van der Waals surface area contributed by atoms with Gasteiger partial charge in [0.15, 0.2) is 5.92 Å². The normalized spacial score (nSPS) is 15.1. The first-order valence-electron chi connectivity index (χ1n) is 6.75. The number of carbonyl (C=O) groups is 2. The van der Waals surface area contributed by atoms with E-state index in [4.69, 9.17) is 0 Å². The summed E-state index contributed by atoms with van der Waals surface area (Å²) in [5, 5.41) is 29.9. The molecule has 0 radical (unpaired) electrons. The minimum absolute atomic E-state index is 0.160. The summed E-state index contributed by atoms with van der Waals surface area (Å²) in [4.78, 5) is 33.6. The molecule has 0 amide bonds. The zero-order valence-electron chi connectivity index (χ0n) is 11.7. The third-order valence-corrected chi connectivity index (χ3v) is 4.04. The zero-order valence-corrected chi connectivity index (χ0v) is 11.7. The molecule has 1 aliphatic carbocycles. The van der Waals surface area contributed by atoms with Crippen LogP contribution in [0.25, 0.3) is 11.1 Å². The molecule has 23 heavy (non-hydrogen) atoms. The van der Waals surface area contributed by atoms with Crippen LogP contribution in [0.15, 0.2) is 42.5 Å². The van der Waals surface area contributed by atoms with Gasteiger partial charge in [-0.2, -0.15) is 0 Å². The molecule has 0 fully saturated rings. The van der Waals surface area contributed by atoms with Crippen molar-refractivity contribution in [2.75, 3.05) is 0 Å². The van der Waals surface area contributed by atoms with Gasteiger partial charge in [-0.05, 0) is 16.7 Å². The van der Waals surface area contributed by atoms with Crippen LogP contribution in [0.2, 0.25) is 0 Å². The molecule has 1 aliphatic rings. The van der Waals surface area contributed by atoms with E-state index in [0.717, 1.165) is 0 Å². The number of carboxylic acids is 2. The summed E-state index contributed by atoms with van der Waals surface area (Å²) in [6.07, 6.45) is 0. The van der Waals surface area contributed by atoms with Gasteiger partial charge in [-0.3, -0.25) is 19.7 Å². The highest BCUT2D eigenvalue weighted by molar-refractivity contribution is 5.98. The summed E-state index contributed by atoms with van der Waals surface area (Å²) in [6, 6.07) is 10.9. The number of hydrogen-bond acceptors (Lipinski definition) is 4. The first kappa shape index (κ1) is 14.7. The van der Waals surface area contributed by atoms with Gasteiger partial charge in [-0.1, -0.05) is 36.4 Å². The number of benzene rings is 2. The summed E-state index contributed by atoms with van der Waals surface area (Å²) in [5.41, 5.74) is 1.48. The highest BCUT2D eigenvalue weighted by Gasteiger charge is 2.44. The topological polar surface area (TPSA) is 118 Å². The van der Waals surface area contributed by atoms with Gasteiger partial charge in [-0.15, -0.1) is 0 Å². The minimum atomic E-state index is -1.71. The number of nitro groups is 1. The van der Waals surface area contributed by atoms with Crippen molar-refractivity contribution in [2.45, 2.75) is 5.92 Å². The maximum Gasteiger partial charge on any atom is 0.318 e. The Labute approximate surface area is 130 Å². The Bertz CT molecular complexity index is 830. The molecule has 0 aliphatic heterocycles. The summed E-state index contributed by atoms with van der Waals surface area (Å²) >= 11 is 0. The van der Waals surface area contributed by atoms with Gasteiger partial charge in [-0.25, -0.2) is 0 Å². The highest BCUT2D eigenvalue weighted by Crippen LogP contribution is 2.51. The summed E-state index contributed by atoms with van der Waals surface area (Å²) in [6.45, 7) is 0. The van der Waals surface area contributed by atoms with Crippen molar-refractivity contribution in [2.24, 2.45) is 5.92 Å². The standard InChI is InChI=1S/C16H11NO6/c18-15(19)14(16(20)21)13-9-5-2-1-4-8(9)12-10(13)6-3-7-11(12)17(22)23/h1-7,13-14H,(H,18,19)(H,20,21).